The normalized spacial score (nSPS) is 11.7. The molecule has 1 N–H and O–H groups in total. The Morgan fingerprint density at radius 1 is 1.18 bits per heavy atom. The van der Waals surface area contributed by atoms with Crippen molar-refractivity contribution in [1.29, 1.82) is 0 Å². The second-order valence-corrected chi connectivity index (χ2v) is 6.29. The van der Waals surface area contributed by atoms with Crippen molar-refractivity contribution < 1.29 is 27.2 Å². The van der Waals surface area contributed by atoms with Gasteiger partial charge in [-0.25, -0.2) is 4.79 Å². The van der Waals surface area contributed by atoms with E-state index in [0.717, 1.165) is 25.2 Å². The molecule has 0 aliphatic heterocycles. The smallest absolute Gasteiger partial charge is 0.328 e. The molecule has 0 heterocycles. The molecule has 0 amide bonds. The zero-order valence-corrected chi connectivity index (χ0v) is 13.2. The predicted octanol–water partition coefficient (Wildman–Crippen LogP) is 2.31. The molecule has 0 unspecified atom stereocenters. The third-order valence-corrected chi connectivity index (χ3v) is 3.26. The highest BCUT2D eigenvalue weighted by atomic mass is 32.2. The van der Waals surface area contributed by atoms with Crippen molar-refractivity contribution in [1.82, 2.24) is 0 Å². The van der Waals surface area contributed by atoms with Gasteiger partial charge in [-0.2, -0.15) is 8.42 Å². The number of unbranched alkanes of at least 4 members (excludes halogenated alkanes) is 2. The fraction of sp³-hybridized carbons (Fsp3) is 0.400. The number of carbonyl (C=O) groups is 1. The molecule has 122 valence electrons. The van der Waals surface area contributed by atoms with Crippen molar-refractivity contribution in [3.05, 3.63) is 35.9 Å². The molecule has 1 aromatic carbocycles. The van der Waals surface area contributed by atoms with Crippen LogP contribution in [0.3, 0.4) is 0 Å². The van der Waals surface area contributed by atoms with Gasteiger partial charge in [0.05, 0.1) is 19.5 Å². The lowest BCUT2D eigenvalue weighted by Gasteiger charge is -2.09. The summed E-state index contributed by atoms with van der Waals surface area (Å²) in [7, 11) is -3.37. The van der Waals surface area contributed by atoms with Crippen LogP contribution in [0.5, 0.6) is 5.75 Å². The van der Waals surface area contributed by atoms with Crippen molar-refractivity contribution in [2.24, 2.45) is 0 Å². The summed E-state index contributed by atoms with van der Waals surface area (Å²) in [5.41, 5.74) is 0.699. The van der Waals surface area contributed by atoms with Crippen LogP contribution in [0.4, 0.5) is 0 Å². The van der Waals surface area contributed by atoms with E-state index in [1.54, 1.807) is 18.2 Å². The first-order valence-corrected chi connectivity index (χ1v) is 8.67. The molecule has 0 fully saturated rings. The van der Waals surface area contributed by atoms with E-state index in [4.69, 9.17) is 9.84 Å². The highest BCUT2D eigenvalue weighted by Crippen LogP contribution is 2.19. The van der Waals surface area contributed by atoms with E-state index >= 15 is 0 Å². The van der Waals surface area contributed by atoms with Gasteiger partial charge in [0.2, 0.25) is 0 Å². The summed E-state index contributed by atoms with van der Waals surface area (Å²) in [6, 6.07) is 7.16. The van der Waals surface area contributed by atoms with E-state index in [1.165, 1.54) is 6.08 Å². The maximum atomic E-state index is 10.8. The Balaban J connectivity index is 2.32. The Morgan fingerprint density at radius 2 is 1.86 bits per heavy atom. The van der Waals surface area contributed by atoms with Crippen LogP contribution in [-0.4, -0.2) is 39.0 Å². The van der Waals surface area contributed by atoms with Crippen molar-refractivity contribution in [2.45, 2.75) is 19.3 Å². The molecule has 0 atom stereocenters. The average Bonchev–Trinajstić information content (AvgIpc) is 2.44. The van der Waals surface area contributed by atoms with E-state index in [-0.39, 0.29) is 6.61 Å². The first kappa shape index (κ1) is 18.2. The summed E-state index contributed by atoms with van der Waals surface area (Å²) in [6.07, 6.45) is 5.74. The molecule has 6 nitrogen and oxygen atoms in total. The molecule has 1 rings (SSSR count). The Kier molecular flexibility index (Phi) is 7.62. The quantitative estimate of drug-likeness (QED) is 0.403. The zero-order chi connectivity index (χ0) is 16.4. The predicted molar refractivity (Wildman–Crippen MR) is 83.3 cm³/mol. The van der Waals surface area contributed by atoms with E-state index in [2.05, 4.69) is 4.18 Å². The molecular formula is C15H20O6S. The summed E-state index contributed by atoms with van der Waals surface area (Å²) >= 11 is 0. The molecule has 22 heavy (non-hydrogen) atoms. The third kappa shape index (κ3) is 8.43. The largest absolute Gasteiger partial charge is 0.493 e. The molecular weight excluding hydrogens is 308 g/mol. The molecule has 0 aliphatic rings. The number of rotatable bonds is 10. The summed E-state index contributed by atoms with van der Waals surface area (Å²) in [5.74, 6) is -0.395. The van der Waals surface area contributed by atoms with Gasteiger partial charge in [0, 0.05) is 11.6 Å². The van der Waals surface area contributed by atoms with Crippen molar-refractivity contribution >= 4 is 22.2 Å². The summed E-state index contributed by atoms with van der Waals surface area (Å²) in [5, 5.41) is 8.64. The molecule has 0 saturated heterocycles. The van der Waals surface area contributed by atoms with Crippen LogP contribution in [0, 0.1) is 0 Å². The summed E-state index contributed by atoms with van der Waals surface area (Å²) in [4.78, 5) is 10.5. The maximum absolute atomic E-state index is 10.8. The first-order chi connectivity index (χ1) is 10.4. The van der Waals surface area contributed by atoms with Gasteiger partial charge in [0.1, 0.15) is 5.75 Å². The van der Waals surface area contributed by atoms with Crippen molar-refractivity contribution in [3.63, 3.8) is 0 Å². The van der Waals surface area contributed by atoms with Gasteiger partial charge < -0.3 is 9.84 Å². The fourth-order valence-electron chi connectivity index (χ4n) is 1.68. The van der Waals surface area contributed by atoms with E-state index in [1.807, 2.05) is 6.07 Å². The van der Waals surface area contributed by atoms with E-state index in [0.29, 0.717) is 24.3 Å². The summed E-state index contributed by atoms with van der Waals surface area (Å²) in [6.45, 7) is 0.646. The minimum atomic E-state index is -3.37. The zero-order valence-electron chi connectivity index (χ0n) is 12.4. The minimum absolute atomic E-state index is 0.177. The van der Waals surface area contributed by atoms with Gasteiger partial charge in [-0.1, -0.05) is 18.2 Å². The Bertz CT molecular complexity index is 606. The van der Waals surface area contributed by atoms with Gasteiger partial charge in [0.25, 0.3) is 10.1 Å². The van der Waals surface area contributed by atoms with Gasteiger partial charge in [0.15, 0.2) is 0 Å². The van der Waals surface area contributed by atoms with Crippen LogP contribution in [0.2, 0.25) is 0 Å². The van der Waals surface area contributed by atoms with Crippen LogP contribution in [0.15, 0.2) is 30.3 Å². The fourth-order valence-corrected chi connectivity index (χ4v) is 2.10. The van der Waals surface area contributed by atoms with Crippen LogP contribution < -0.4 is 4.74 Å². The molecule has 0 radical (unpaired) electrons. The maximum Gasteiger partial charge on any atom is 0.328 e. The second-order valence-electron chi connectivity index (χ2n) is 4.64. The monoisotopic (exact) mass is 328 g/mol. The highest BCUT2D eigenvalue weighted by Gasteiger charge is 2.02. The lowest BCUT2D eigenvalue weighted by Crippen LogP contribution is -2.05. The lowest BCUT2D eigenvalue weighted by atomic mass is 10.2. The number of aliphatic carboxylic acids is 1. The molecule has 7 heteroatoms. The molecule has 0 aromatic heterocycles. The van der Waals surface area contributed by atoms with Gasteiger partial charge in [-0.05, 0) is 31.4 Å². The van der Waals surface area contributed by atoms with Gasteiger partial charge in [-0.15, -0.1) is 0 Å². The van der Waals surface area contributed by atoms with Gasteiger partial charge >= 0.3 is 5.97 Å². The minimum Gasteiger partial charge on any atom is -0.493 e. The molecule has 0 saturated carbocycles. The van der Waals surface area contributed by atoms with Crippen LogP contribution >= 0.6 is 0 Å². The van der Waals surface area contributed by atoms with Crippen LogP contribution in [-0.2, 0) is 19.1 Å². The molecule has 0 bridgehead atoms. The molecule has 0 spiro atoms. The number of para-hydroxylation sites is 1. The number of carboxylic acids is 1. The number of hydrogen-bond acceptors (Lipinski definition) is 5. The molecule has 0 aliphatic carbocycles. The van der Waals surface area contributed by atoms with Crippen molar-refractivity contribution in [3.8, 4) is 5.75 Å². The van der Waals surface area contributed by atoms with E-state index in [9.17, 15) is 13.2 Å². The lowest BCUT2D eigenvalue weighted by molar-refractivity contribution is -0.131. The standard InChI is InChI=1S/C15H20O6S/c1-22(18,19)21-12-6-2-5-11-20-14-8-4-3-7-13(14)9-10-15(16)17/h3-4,7-10H,2,5-6,11-12H2,1H3,(H,16,17)/b10-9+. The third-order valence-electron chi connectivity index (χ3n) is 2.67. The topological polar surface area (TPSA) is 89.9 Å². The SMILES string of the molecule is CS(=O)(=O)OCCCCCOc1ccccc1/C=C/C(=O)O. The Hall–Kier alpha value is -1.86. The second kappa shape index (κ2) is 9.22. The summed E-state index contributed by atoms with van der Waals surface area (Å²) < 4.78 is 31.8. The first-order valence-electron chi connectivity index (χ1n) is 6.86. The van der Waals surface area contributed by atoms with Crippen LogP contribution in [0.1, 0.15) is 24.8 Å². The molecule has 1 aromatic rings. The number of carboxylic acid groups (broad SMARTS) is 1. The van der Waals surface area contributed by atoms with Gasteiger partial charge in [-0.3, -0.25) is 4.18 Å². The number of hydrogen-bond donors (Lipinski definition) is 1. The van der Waals surface area contributed by atoms with Crippen LogP contribution in [0.25, 0.3) is 6.08 Å². The van der Waals surface area contributed by atoms with E-state index < -0.39 is 16.1 Å². The number of benzene rings is 1. The highest BCUT2D eigenvalue weighted by molar-refractivity contribution is 7.85. The van der Waals surface area contributed by atoms with Crippen molar-refractivity contribution in [2.75, 3.05) is 19.5 Å². The Labute approximate surface area is 130 Å². The average molecular weight is 328 g/mol. The Morgan fingerprint density at radius 3 is 2.55 bits per heavy atom. The number of ether oxygens (including phenoxy) is 1.